The minimum Gasteiger partial charge on any atom is -0.421 e. The van der Waals surface area contributed by atoms with Gasteiger partial charge in [-0.1, -0.05) is 17.4 Å². The fourth-order valence-corrected chi connectivity index (χ4v) is 3.54. The quantitative estimate of drug-likeness (QED) is 0.837. The summed E-state index contributed by atoms with van der Waals surface area (Å²) in [5.41, 5.74) is 2.87. The molecular formula is C20H21N3O3. The van der Waals surface area contributed by atoms with Gasteiger partial charge in [-0.05, 0) is 32.6 Å². The highest BCUT2D eigenvalue weighted by molar-refractivity contribution is 5.86. The van der Waals surface area contributed by atoms with Crippen molar-refractivity contribution in [3.8, 4) is 11.8 Å². The third-order valence-corrected chi connectivity index (χ3v) is 5.15. The first-order valence-corrected chi connectivity index (χ1v) is 8.76. The molecule has 0 amide bonds. The van der Waals surface area contributed by atoms with E-state index >= 15 is 0 Å². The van der Waals surface area contributed by atoms with Gasteiger partial charge < -0.3 is 14.1 Å². The van der Waals surface area contributed by atoms with Gasteiger partial charge >= 0.3 is 0 Å². The van der Waals surface area contributed by atoms with E-state index in [0.717, 1.165) is 29.6 Å². The third-order valence-electron chi connectivity index (χ3n) is 5.15. The molecule has 2 aliphatic rings. The predicted octanol–water partition coefficient (Wildman–Crippen LogP) is 1.97. The zero-order chi connectivity index (χ0) is 18.6. The smallest absolute Gasteiger partial charge is 0.254 e. The highest BCUT2D eigenvalue weighted by atomic mass is 16.4. The fourth-order valence-electron chi connectivity index (χ4n) is 3.54. The number of rotatable bonds is 2. The van der Waals surface area contributed by atoms with Crippen LogP contribution in [0.5, 0.6) is 0 Å². The third kappa shape index (κ3) is 2.69. The van der Waals surface area contributed by atoms with Crippen molar-refractivity contribution in [3.05, 3.63) is 50.6 Å². The summed E-state index contributed by atoms with van der Waals surface area (Å²) >= 11 is 0. The van der Waals surface area contributed by atoms with E-state index in [1.165, 1.54) is 0 Å². The van der Waals surface area contributed by atoms with Crippen molar-refractivity contribution in [2.24, 2.45) is 13.0 Å². The molecule has 6 nitrogen and oxygen atoms in total. The van der Waals surface area contributed by atoms with Crippen molar-refractivity contribution in [1.29, 1.82) is 0 Å². The average Bonchev–Trinajstić information content (AvgIpc) is 3.28. The second-order valence-electron chi connectivity index (χ2n) is 7.44. The lowest BCUT2D eigenvalue weighted by Gasteiger charge is -2.15. The van der Waals surface area contributed by atoms with Crippen LogP contribution in [0, 0.1) is 24.7 Å². The molecule has 26 heavy (non-hydrogen) atoms. The highest BCUT2D eigenvalue weighted by Gasteiger charge is 2.38. The van der Waals surface area contributed by atoms with Crippen LogP contribution in [0.2, 0.25) is 0 Å². The Morgan fingerprint density at radius 1 is 1.35 bits per heavy atom. The standard InChI is InChI=1S/C20H21N3O3/c1-11-9-15-17(16(11)18-22-21-12(2)26-18)13(10-23(4)19(15)24)7-8-20(3,25)14-5-6-14/h10,14,25H,5-6,9H2,1-4H3. The van der Waals surface area contributed by atoms with Gasteiger partial charge in [0.25, 0.3) is 5.56 Å². The van der Waals surface area contributed by atoms with Crippen LogP contribution >= 0.6 is 0 Å². The van der Waals surface area contributed by atoms with E-state index in [1.54, 1.807) is 31.7 Å². The zero-order valence-corrected chi connectivity index (χ0v) is 15.4. The second-order valence-corrected chi connectivity index (χ2v) is 7.44. The normalized spacial score (nSPS) is 18.3. The first-order valence-electron chi connectivity index (χ1n) is 8.76. The molecule has 2 aromatic heterocycles. The highest BCUT2D eigenvalue weighted by Crippen LogP contribution is 2.40. The Hall–Kier alpha value is -2.65. The van der Waals surface area contributed by atoms with Gasteiger partial charge in [0, 0.05) is 48.9 Å². The maximum absolute atomic E-state index is 12.6. The topological polar surface area (TPSA) is 81.2 Å². The summed E-state index contributed by atoms with van der Waals surface area (Å²) in [6.07, 6.45) is 4.25. The first kappa shape index (κ1) is 16.8. The second kappa shape index (κ2) is 5.68. The summed E-state index contributed by atoms with van der Waals surface area (Å²) in [5.74, 6) is 7.23. The van der Waals surface area contributed by atoms with E-state index in [-0.39, 0.29) is 11.5 Å². The Morgan fingerprint density at radius 2 is 2.08 bits per heavy atom. The van der Waals surface area contributed by atoms with Crippen molar-refractivity contribution in [2.75, 3.05) is 0 Å². The summed E-state index contributed by atoms with van der Waals surface area (Å²) < 4.78 is 7.17. The molecule has 2 aromatic rings. The van der Waals surface area contributed by atoms with E-state index in [0.29, 0.717) is 29.3 Å². The minimum atomic E-state index is -1.01. The molecule has 0 radical (unpaired) electrons. The number of aryl methyl sites for hydroxylation is 2. The SMILES string of the molecule is CC1=C(c2nnc(C)o2)c2c(C#CC(C)(O)C3CC3)cn(C)c(=O)c2C1. The van der Waals surface area contributed by atoms with Gasteiger partial charge in [-0.15, -0.1) is 10.2 Å². The lowest BCUT2D eigenvalue weighted by Crippen LogP contribution is -2.25. The molecule has 134 valence electrons. The summed E-state index contributed by atoms with van der Waals surface area (Å²) in [6.45, 7) is 5.45. The Bertz CT molecular complexity index is 1060. The molecule has 0 aromatic carbocycles. The monoisotopic (exact) mass is 351 g/mol. The van der Waals surface area contributed by atoms with Crippen molar-refractivity contribution >= 4 is 5.57 Å². The molecule has 1 unspecified atom stereocenters. The van der Waals surface area contributed by atoms with E-state index in [9.17, 15) is 9.90 Å². The molecule has 1 N–H and O–H groups in total. The van der Waals surface area contributed by atoms with Crippen molar-refractivity contribution < 1.29 is 9.52 Å². The van der Waals surface area contributed by atoms with Crippen molar-refractivity contribution in [2.45, 2.75) is 45.6 Å². The number of allylic oxidation sites excluding steroid dienone is 1. The lowest BCUT2D eigenvalue weighted by molar-refractivity contribution is 0.0980. The number of aromatic nitrogens is 3. The molecule has 1 atom stereocenters. The molecule has 1 saturated carbocycles. The van der Waals surface area contributed by atoms with Crippen LogP contribution in [-0.2, 0) is 13.5 Å². The Labute approximate surface area is 151 Å². The molecule has 0 spiro atoms. The van der Waals surface area contributed by atoms with Gasteiger partial charge in [0.05, 0.1) is 0 Å². The van der Waals surface area contributed by atoms with Gasteiger partial charge in [-0.25, -0.2) is 0 Å². The van der Waals surface area contributed by atoms with E-state index in [2.05, 4.69) is 22.0 Å². The maximum Gasteiger partial charge on any atom is 0.254 e. The molecule has 6 heteroatoms. The Balaban J connectivity index is 1.90. The van der Waals surface area contributed by atoms with E-state index in [4.69, 9.17) is 4.42 Å². The molecule has 1 fully saturated rings. The van der Waals surface area contributed by atoms with Crippen LogP contribution in [0.25, 0.3) is 5.57 Å². The summed E-state index contributed by atoms with van der Waals surface area (Å²) in [4.78, 5) is 12.6. The molecule has 4 rings (SSSR count). The van der Waals surface area contributed by atoms with Crippen molar-refractivity contribution in [1.82, 2.24) is 14.8 Å². The number of fused-ring (bicyclic) bond motifs is 1. The number of hydrogen-bond donors (Lipinski definition) is 1. The summed E-state index contributed by atoms with van der Waals surface area (Å²) in [6, 6.07) is 0. The van der Waals surface area contributed by atoms with Gasteiger partial charge in [-0.2, -0.15) is 0 Å². The van der Waals surface area contributed by atoms with E-state index < -0.39 is 5.60 Å². The van der Waals surface area contributed by atoms with Crippen LogP contribution in [0.1, 0.15) is 55.2 Å². The van der Waals surface area contributed by atoms with Crippen LogP contribution in [0.3, 0.4) is 0 Å². The molecule has 2 aliphatic carbocycles. The molecule has 2 heterocycles. The Morgan fingerprint density at radius 3 is 2.69 bits per heavy atom. The summed E-state index contributed by atoms with van der Waals surface area (Å²) in [5, 5.41) is 18.6. The van der Waals surface area contributed by atoms with Crippen LogP contribution in [-0.4, -0.2) is 25.5 Å². The van der Waals surface area contributed by atoms with Crippen LogP contribution < -0.4 is 5.56 Å². The first-order chi connectivity index (χ1) is 12.3. The van der Waals surface area contributed by atoms with Crippen LogP contribution in [0.15, 0.2) is 21.0 Å². The average molecular weight is 351 g/mol. The maximum atomic E-state index is 12.6. The molecule has 0 saturated heterocycles. The van der Waals surface area contributed by atoms with Gasteiger partial charge in [0.1, 0.15) is 5.60 Å². The lowest BCUT2D eigenvalue weighted by atomic mass is 9.98. The van der Waals surface area contributed by atoms with Gasteiger partial charge in [0.15, 0.2) is 0 Å². The minimum absolute atomic E-state index is 0.0508. The molecular weight excluding hydrogens is 330 g/mol. The fraction of sp³-hybridized carbons (Fsp3) is 0.450. The number of nitrogens with zero attached hydrogens (tertiary/aromatic N) is 3. The zero-order valence-electron chi connectivity index (χ0n) is 15.4. The molecule has 0 aliphatic heterocycles. The van der Waals surface area contributed by atoms with Crippen LogP contribution in [0.4, 0.5) is 0 Å². The largest absolute Gasteiger partial charge is 0.421 e. The number of aliphatic hydroxyl groups is 1. The Kier molecular flexibility index (Phi) is 3.67. The summed E-state index contributed by atoms with van der Waals surface area (Å²) in [7, 11) is 1.72. The van der Waals surface area contributed by atoms with Gasteiger partial charge in [-0.3, -0.25) is 4.79 Å². The van der Waals surface area contributed by atoms with Gasteiger partial charge in [0.2, 0.25) is 11.8 Å². The number of pyridine rings is 1. The predicted molar refractivity (Wildman–Crippen MR) is 96.3 cm³/mol. The van der Waals surface area contributed by atoms with Crippen molar-refractivity contribution in [3.63, 3.8) is 0 Å². The number of hydrogen-bond acceptors (Lipinski definition) is 5. The van der Waals surface area contributed by atoms with E-state index in [1.807, 2.05) is 6.92 Å². The molecule has 0 bridgehead atoms.